The van der Waals surface area contributed by atoms with E-state index in [1.165, 1.54) is 5.56 Å². The van der Waals surface area contributed by atoms with Gasteiger partial charge < -0.3 is 25.5 Å². The van der Waals surface area contributed by atoms with Crippen molar-refractivity contribution in [2.45, 2.75) is 12.8 Å². The van der Waals surface area contributed by atoms with Crippen molar-refractivity contribution in [2.75, 3.05) is 18.5 Å². The monoisotopic (exact) mass is 549 g/mol. The molecule has 0 amide bonds. The van der Waals surface area contributed by atoms with Gasteiger partial charge in [-0.25, -0.2) is 0 Å². The Kier molecular flexibility index (Phi) is 8.43. The van der Waals surface area contributed by atoms with Crippen LogP contribution in [0, 0.1) is 0 Å². The Morgan fingerprint density at radius 1 is 0.825 bits per heavy atom. The number of phenolic OH excluding ortho intramolecular Hbond substituents is 1. The molecule has 0 radical (unpaired) electrons. The molecule has 5 nitrogen and oxygen atoms in total. The lowest BCUT2D eigenvalue weighted by Crippen LogP contribution is -2.15. The number of ether oxygens (including phenoxy) is 1. The van der Waals surface area contributed by atoms with Crippen LogP contribution in [-0.4, -0.2) is 23.2 Å². The molecule has 4 N–H and O–H groups in total. The number of hydrogen-bond donors (Lipinski definition) is 4. The number of hydrogen-bond acceptors (Lipinski definition) is 4. The number of halogens is 1. The Balaban J connectivity index is 1.30. The highest BCUT2D eigenvalue weighted by molar-refractivity contribution is 6.30. The first kappa shape index (κ1) is 27.0. The number of aromatic amines is 1. The van der Waals surface area contributed by atoms with E-state index in [1.807, 2.05) is 66.7 Å². The fourth-order valence-electron chi connectivity index (χ4n) is 4.49. The predicted molar refractivity (Wildman–Crippen MR) is 167 cm³/mol. The molecule has 0 saturated heterocycles. The summed E-state index contributed by atoms with van der Waals surface area (Å²) in [6.45, 7) is 9.72. The molecule has 5 rings (SSSR count). The third-order valence-electron chi connectivity index (χ3n) is 6.70. The number of phenols is 1. The molecule has 40 heavy (non-hydrogen) atoms. The van der Waals surface area contributed by atoms with Crippen molar-refractivity contribution in [3.05, 3.63) is 138 Å². The maximum atomic E-state index is 9.57. The lowest BCUT2D eigenvalue weighted by molar-refractivity contribution is 0.323. The average Bonchev–Trinajstić information content (AvgIpc) is 3.40. The van der Waals surface area contributed by atoms with Crippen molar-refractivity contribution in [2.24, 2.45) is 0 Å². The lowest BCUT2D eigenvalue weighted by atomic mass is 10.1. The zero-order chi connectivity index (χ0) is 27.9. The predicted octanol–water partition coefficient (Wildman–Crippen LogP) is 8.03. The molecule has 0 saturated carbocycles. The number of aromatic nitrogens is 1. The van der Waals surface area contributed by atoms with Crippen LogP contribution in [0.2, 0.25) is 5.02 Å². The van der Waals surface area contributed by atoms with Crippen molar-refractivity contribution in [1.29, 1.82) is 0 Å². The molecule has 0 fully saturated rings. The number of rotatable bonds is 12. The number of nitrogens with one attached hydrogen (secondary N) is 3. The molecule has 1 aromatic heterocycles. The minimum Gasteiger partial charge on any atom is -0.508 e. The molecule has 0 aliphatic heterocycles. The van der Waals surface area contributed by atoms with Gasteiger partial charge >= 0.3 is 0 Å². The second kappa shape index (κ2) is 12.5. The summed E-state index contributed by atoms with van der Waals surface area (Å²) >= 11 is 6.12. The zero-order valence-corrected chi connectivity index (χ0v) is 23.0. The molecule has 0 spiro atoms. The van der Waals surface area contributed by atoms with Crippen LogP contribution in [-0.2, 0) is 12.8 Å². The van der Waals surface area contributed by atoms with E-state index in [2.05, 4.69) is 47.0 Å². The second-order valence-corrected chi connectivity index (χ2v) is 10.1. The average molecular weight is 550 g/mol. The maximum absolute atomic E-state index is 9.57. The summed E-state index contributed by atoms with van der Waals surface area (Å²) in [4.78, 5) is 3.42. The third-order valence-corrected chi connectivity index (χ3v) is 6.93. The molecule has 202 valence electrons. The minimum absolute atomic E-state index is 0.251. The van der Waals surface area contributed by atoms with E-state index in [0.717, 1.165) is 62.8 Å². The van der Waals surface area contributed by atoms with Gasteiger partial charge in [-0.3, -0.25) is 0 Å². The van der Waals surface area contributed by atoms with Gasteiger partial charge in [0.2, 0.25) is 0 Å². The van der Waals surface area contributed by atoms with Crippen LogP contribution < -0.4 is 15.4 Å². The molecule has 0 aliphatic rings. The molecule has 5 aromatic rings. The van der Waals surface area contributed by atoms with Gasteiger partial charge in [0.25, 0.3) is 0 Å². The Bertz CT molecular complexity index is 1610. The summed E-state index contributed by atoms with van der Waals surface area (Å²) in [5.41, 5.74) is 7.52. The number of fused-ring (bicyclic) bond motifs is 1. The fourth-order valence-corrected chi connectivity index (χ4v) is 4.71. The molecular formula is C34H32ClN3O2. The Labute approximate surface area is 239 Å². The van der Waals surface area contributed by atoms with Gasteiger partial charge in [-0.2, -0.15) is 0 Å². The van der Waals surface area contributed by atoms with Crippen LogP contribution in [0.3, 0.4) is 0 Å². The van der Waals surface area contributed by atoms with Gasteiger partial charge in [-0.15, -0.1) is 0 Å². The summed E-state index contributed by atoms with van der Waals surface area (Å²) in [6.07, 6.45) is 1.53. The summed E-state index contributed by atoms with van der Waals surface area (Å²) in [7, 11) is 0. The van der Waals surface area contributed by atoms with Crippen molar-refractivity contribution in [1.82, 2.24) is 10.3 Å². The highest BCUT2D eigenvalue weighted by Crippen LogP contribution is 2.31. The molecule has 0 aliphatic carbocycles. The number of H-pyrrole nitrogens is 1. The summed E-state index contributed by atoms with van der Waals surface area (Å²) in [5, 5.41) is 18.3. The van der Waals surface area contributed by atoms with E-state index in [4.69, 9.17) is 16.3 Å². The van der Waals surface area contributed by atoms with Gasteiger partial charge in [0, 0.05) is 40.2 Å². The van der Waals surface area contributed by atoms with Gasteiger partial charge in [0.15, 0.2) is 0 Å². The molecule has 6 heteroatoms. The minimum atomic E-state index is 0.251. The standard InChI is InChI=1S/C34H32ClN3O2/c1-23(36-18-16-26-6-5-8-29(35)20-26)27-12-15-32(34(22-27)40-19-17-25-10-13-30(39)14-11-25)37-24(2)33-21-28-7-3-4-9-31(28)38-33/h3-15,20-22,36-39H,1-2,16-19H2. The van der Waals surface area contributed by atoms with Crippen molar-refractivity contribution in [3.63, 3.8) is 0 Å². The van der Waals surface area contributed by atoms with Crippen LogP contribution in [0.25, 0.3) is 22.3 Å². The number of benzene rings is 4. The summed E-state index contributed by atoms with van der Waals surface area (Å²) in [5.74, 6) is 0.951. The smallest absolute Gasteiger partial charge is 0.143 e. The summed E-state index contributed by atoms with van der Waals surface area (Å²) in [6, 6.07) is 31.3. The topological polar surface area (TPSA) is 69.3 Å². The fraction of sp³-hybridized carbons (Fsp3) is 0.118. The highest BCUT2D eigenvalue weighted by atomic mass is 35.5. The zero-order valence-electron chi connectivity index (χ0n) is 22.2. The van der Waals surface area contributed by atoms with Crippen molar-refractivity contribution < 1.29 is 9.84 Å². The Morgan fingerprint density at radius 2 is 1.65 bits per heavy atom. The third kappa shape index (κ3) is 6.87. The number of aromatic hydroxyl groups is 1. The van der Waals surface area contributed by atoms with E-state index in [9.17, 15) is 5.11 Å². The molecule has 0 bridgehead atoms. The number of para-hydroxylation sites is 1. The van der Waals surface area contributed by atoms with E-state index >= 15 is 0 Å². The quantitative estimate of drug-likeness (QED) is 0.127. The van der Waals surface area contributed by atoms with Gasteiger partial charge in [-0.05, 0) is 66.1 Å². The normalized spacial score (nSPS) is 10.8. The van der Waals surface area contributed by atoms with Crippen LogP contribution in [0.4, 0.5) is 5.69 Å². The van der Waals surface area contributed by atoms with E-state index in [-0.39, 0.29) is 5.75 Å². The van der Waals surface area contributed by atoms with Gasteiger partial charge in [0.1, 0.15) is 11.5 Å². The Hall–Kier alpha value is -4.61. The van der Waals surface area contributed by atoms with Crippen molar-refractivity contribution >= 4 is 39.6 Å². The van der Waals surface area contributed by atoms with Crippen LogP contribution in [0.1, 0.15) is 22.4 Å². The summed E-state index contributed by atoms with van der Waals surface area (Å²) < 4.78 is 6.28. The van der Waals surface area contributed by atoms with E-state index < -0.39 is 0 Å². The molecule has 0 unspecified atom stereocenters. The second-order valence-electron chi connectivity index (χ2n) is 9.63. The molecular weight excluding hydrogens is 518 g/mol. The van der Waals surface area contributed by atoms with Crippen LogP contribution in [0.15, 0.2) is 110 Å². The number of anilines is 1. The van der Waals surface area contributed by atoms with Gasteiger partial charge in [-0.1, -0.05) is 73.3 Å². The largest absolute Gasteiger partial charge is 0.508 e. The molecule has 0 atom stereocenters. The van der Waals surface area contributed by atoms with E-state index in [0.29, 0.717) is 18.8 Å². The van der Waals surface area contributed by atoms with Gasteiger partial charge in [0.05, 0.1) is 23.7 Å². The first-order valence-electron chi connectivity index (χ1n) is 13.2. The highest BCUT2D eigenvalue weighted by Gasteiger charge is 2.11. The Morgan fingerprint density at radius 3 is 2.45 bits per heavy atom. The van der Waals surface area contributed by atoms with Crippen LogP contribution in [0.5, 0.6) is 11.5 Å². The SMILES string of the molecule is C=C(NCCc1cccc(Cl)c1)c1ccc(NC(=C)c2cc3ccccc3[nH]2)c(OCCc2ccc(O)cc2)c1. The van der Waals surface area contributed by atoms with Crippen LogP contribution >= 0.6 is 11.6 Å². The first-order valence-corrected chi connectivity index (χ1v) is 13.6. The van der Waals surface area contributed by atoms with Crippen molar-refractivity contribution in [3.8, 4) is 11.5 Å². The molecule has 4 aromatic carbocycles. The van der Waals surface area contributed by atoms with E-state index in [1.54, 1.807) is 12.1 Å². The lowest BCUT2D eigenvalue weighted by Gasteiger charge is -2.17. The first-order chi connectivity index (χ1) is 19.4. The molecule has 1 heterocycles. The maximum Gasteiger partial charge on any atom is 0.143 e.